The van der Waals surface area contributed by atoms with Gasteiger partial charge in [0.15, 0.2) is 0 Å². The van der Waals surface area contributed by atoms with Gasteiger partial charge in [-0.05, 0) is 11.9 Å². The predicted molar refractivity (Wildman–Crippen MR) is 29.5 cm³/mol. The molecule has 0 aromatic heterocycles. The molecule has 0 radical (unpaired) electrons. The van der Waals surface area contributed by atoms with Gasteiger partial charge in [-0.25, -0.2) is 9.79 Å². The lowest BCUT2D eigenvalue weighted by atomic mass is 10.8. The third-order valence-electron chi connectivity index (χ3n) is 0.526. The standard InChI is InChI=1S/C3H4N2OS/c6-3-4-1-2-7-5-3/h1H,2H2,(H,5,6). The maximum absolute atomic E-state index is 10.1. The molecule has 1 aliphatic rings. The molecular weight excluding hydrogens is 112 g/mol. The number of nitrogens with zero attached hydrogens (tertiary/aromatic N) is 1. The van der Waals surface area contributed by atoms with Crippen LogP contribution in [0.2, 0.25) is 0 Å². The van der Waals surface area contributed by atoms with Crippen LogP contribution in [0.3, 0.4) is 0 Å². The van der Waals surface area contributed by atoms with Crippen molar-refractivity contribution < 1.29 is 4.79 Å². The Kier molecular flexibility index (Phi) is 1.31. The molecule has 2 amide bonds. The Bertz CT molecular complexity index is 112. The van der Waals surface area contributed by atoms with Crippen LogP contribution in [-0.2, 0) is 0 Å². The summed E-state index contributed by atoms with van der Waals surface area (Å²) in [6, 6.07) is -0.253. The molecule has 0 spiro atoms. The Morgan fingerprint density at radius 2 is 2.86 bits per heavy atom. The Hall–Kier alpha value is -0.510. The Labute approximate surface area is 45.3 Å². The van der Waals surface area contributed by atoms with Gasteiger partial charge in [0.2, 0.25) is 0 Å². The van der Waals surface area contributed by atoms with Gasteiger partial charge in [-0.2, -0.15) is 0 Å². The number of hydrogen-bond donors (Lipinski definition) is 1. The third-order valence-corrected chi connectivity index (χ3v) is 1.16. The van der Waals surface area contributed by atoms with Gasteiger partial charge in [0, 0.05) is 12.0 Å². The van der Waals surface area contributed by atoms with Gasteiger partial charge >= 0.3 is 6.03 Å². The van der Waals surface area contributed by atoms with Crippen LogP contribution in [-0.4, -0.2) is 18.0 Å². The number of urea groups is 1. The van der Waals surface area contributed by atoms with E-state index >= 15 is 0 Å². The first-order valence-corrected chi connectivity index (χ1v) is 2.82. The highest BCUT2D eigenvalue weighted by Gasteiger charge is 1.98. The maximum Gasteiger partial charge on any atom is 0.350 e. The molecule has 0 atom stereocenters. The lowest BCUT2D eigenvalue weighted by Crippen LogP contribution is -2.16. The quantitative estimate of drug-likeness (QED) is 0.466. The van der Waals surface area contributed by atoms with Crippen LogP contribution in [0, 0.1) is 0 Å². The van der Waals surface area contributed by atoms with Crippen LogP contribution in [0.4, 0.5) is 4.79 Å². The summed E-state index contributed by atoms with van der Waals surface area (Å²) >= 11 is 1.35. The van der Waals surface area contributed by atoms with Gasteiger partial charge < -0.3 is 0 Å². The maximum atomic E-state index is 10.1. The molecule has 3 nitrogen and oxygen atoms in total. The Balaban J connectivity index is 2.51. The molecular formula is C3H4N2OS. The zero-order chi connectivity index (χ0) is 5.11. The number of carbonyl (C=O) groups is 1. The van der Waals surface area contributed by atoms with Crippen molar-refractivity contribution in [3.63, 3.8) is 0 Å². The summed E-state index contributed by atoms with van der Waals surface area (Å²) in [7, 11) is 0. The number of nitrogens with one attached hydrogen (secondary N) is 1. The second-order valence-corrected chi connectivity index (χ2v) is 1.86. The molecule has 0 aromatic rings. The first-order valence-electron chi connectivity index (χ1n) is 1.84. The fourth-order valence-corrected chi connectivity index (χ4v) is 0.696. The summed E-state index contributed by atoms with van der Waals surface area (Å²) in [5.41, 5.74) is 0. The fourth-order valence-electron chi connectivity index (χ4n) is 0.287. The van der Waals surface area contributed by atoms with Crippen molar-refractivity contribution >= 4 is 24.2 Å². The lowest BCUT2D eigenvalue weighted by Gasteiger charge is -1.99. The van der Waals surface area contributed by atoms with Gasteiger partial charge in [-0.3, -0.25) is 4.72 Å². The summed E-state index contributed by atoms with van der Waals surface area (Å²) in [6.45, 7) is 0. The van der Waals surface area contributed by atoms with E-state index in [-0.39, 0.29) is 6.03 Å². The summed E-state index contributed by atoms with van der Waals surface area (Å²) in [5, 5.41) is 0. The van der Waals surface area contributed by atoms with Crippen LogP contribution < -0.4 is 4.72 Å². The van der Waals surface area contributed by atoms with Crippen LogP contribution in [0.5, 0.6) is 0 Å². The molecule has 1 heterocycles. The largest absolute Gasteiger partial charge is 0.350 e. The van der Waals surface area contributed by atoms with Gasteiger partial charge in [-0.15, -0.1) is 0 Å². The first kappa shape index (κ1) is 4.64. The van der Waals surface area contributed by atoms with Crippen LogP contribution in [0.1, 0.15) is 0 Å². The van der Waals surface area contributed by atoms with E-state index in [4.69, 9.17) is 0 Å². The molecule has 0 saturated heterocycles. The van der Waals surface area contributed by atoms with Crippen LogP contribution in [0.15, 0.2) is 4.99 Å². The zero-order valence-electron chi connectivity index (χ0n) is 3.55. The van der Waals surface area contributed by atoms with Crippen LogP contribution >= 0.6 is 11.9 Å². The minimum atomic E-state index is -0.253. The van der Waals surface area contributed by atoms with E-state index in [9.17, 15) is 4.79 Å². The molecule has 1 N–H and O–H groups in total. The van der Waals surface area contributed by atoms with E-state index in [0.29, 0.717) is 0 Å². The first-order chi connectivity index (χ1) is 3.39. The predicted octanol–water partition coefficient (Wildman–Crippen LogP) is 0.429. The molecule has 0 fully saturated rings. The van der Waals surface area contributed by atoms with E-state index in [1.165, 1.54) is 11.9 Å². The second-order valence-electron chi connectivity index (χ2n) is 1.03. The summed E-state index contributed by atoms with van der Waals surface area (Å²) < 4.78 is 2.46. The van der Waals surface area contributed by atoms with Crippen molar-refractivity contribution in [1.29, 1.82) is 0 Å². The highest BCUT2D eigenvalue weighted by atomic mass is 32.2. The molecule has 4 heteroatoms. The highest BCUT2D eigenvalue weighted by Crippen LogP contribution is 1.95. The van der Waals surface area contributed by atoms with E-state index < -0.39 is 0 Å². The van der Waals surface area contributed by atoms with E-state index in [1.807, 2.05) is 0 Å². The molecule has 0 aromatic carbocycles. The Morgan fingerprint density at radius 3 is 3.14 bits per heavy atom. The number of amides is 2. The minimum absolute atomic E-state index is 0.253. The molecule has 1 aliphatic heterocycles. The summed E-state index contributed by atoms with van der Waals surface area (Å²) in [4.78, 5) is 13.6. The van der Waals surface area contributed by atoms with Crippen molar-refractivity contribution in [3.05, 3.63) is 0 Å². The van der Waals surface area contributed by atoms with Crippen molar-refractivity contribution in [2.75, 3.05) is 5.75 Å². The SMILES string of the molecule is O=C1N=CCSN1. The van der Waals surface area contributed by atoms with E-state index in [0.717, 1.165) is 5.75 Å². The van der Waals surface area contributed by atoms with Gasteiger partial charge in [0.05, 0.1) is 0 Å². The third kappa shape index (κ3) is 1.19. The molecule has 7 heavy (non-hydrogen) atoms. The van der Waals surface area contributed by atoms with Gasteiger partial charge in [-0.1, -0.05) is 0 Å². The van der Waals surface area contributed by atoms with Crippen molar-refractivity contribution in [2.24, 2.45) is 4.99 Å². The molecule has 0 unspecified atom stereocenters. The minimum Gasteiger partial charge on any atom is -0.280 e. The normalized spacial score (nSPS) is 19.1. The molecule has 0 bridgehead atoms. The second kappa shape index (κ2) is 1.97. The van der Waals surface area contributed by atoms with Crippen molar-refractivity contribution in [2.45, 2.75) is 0 Å². The van der Waals surface area contributed by atoms with Crippen LogP contribution in [0.25, 0.3) is 0 Å². The number of aliphatic imine (C=N–C) groups is 1. The lowest BCUT2D eigenvalue weighted by molar-refractivity contribution is 0.254. The average molecular weight is 116 g/mol. The average Bonchev–Trinajstić information content (AvgIpc) is 1.69. The number of rotatable bonds is 0. The van der Waals surface area contributed by atoms with Crippen molar-refractivity contribution in [1.82, 2.24) is 4.72 Å². The monoisotopic (exact) mass is 116 g/mol. The molecule has 0 saturated carbocycles. The molecule has 38 valence electrons. The van der Waals surface area contributed by atoms with E-state index in [2.05, 4.69) is 9.71 Å². The zero-order valence-corrected chi connectivity index (χ0v) is 4.36. The topological polar surface area (TPSA) is 41.5 Å². The smallest absolute Gasteiger partial charge is 0.280 e. The van der Waals surface area contributed by atoms with E-state index in [1.54, 1.807) is 6.21 Å². The summed E-state index contributed by atoms with van der Waals surface area (Å²) in [6.07, 6.45) is 1.59. The highest BCUT2D eigenvalue weighted by molar-refractivity contribution is 7.98. The molecule has 1 rings (SSSR count). The summed E-state index contributed by atoms with van der Waals surface area (Å²) in [5.74, 6) is 0.783. The van der Waals surface area contributed by atoms with Gasteiger partial charge in [0.1, 0.15) is 0 Å². The fraction of sp³-hybridized carbons (Fsp3) is 0.333. The van der Waals surface area contributed by atoms with Crippen molar-refractivity contribution in [3.8, 4) is 0 Å². The van der Waals surface area contributed by atoms with Gasteiger partial charge in [0.25, 0.3) is 0 Å². The Morgan fingerprint density at radius 1 is 2.00 bits per heavy atom. The number of hydrogen-bond acceptors (Lipinski definition) is 2. The molecule has 0 aliphatic carbocycles. The number of carbonyl (C=O) groups excluding carboxylic acids is 1.